The number of β-amino-alcohol motifs (C(OH)–C–C–N with tert-alkyl or cyclic N) is 1. The summed E-state index contributed by atoms with van der Waals surface area (Å²) in [5.74, 6) is 2.36. The molecule has 0 saturated heterocycles. The van der Waals surface area contributed by atoms with Crippen LogP contribution < -0.4 is 31.4 Å². The van der Waals surface area contributed by atoms with Crippen molar-refractivity contribution in [3.8, 4) is 11.5 Å². The number of aryl methyl sites for hydroxylation is 1. The van der Waals surface area contributed by atoms with Gasteiger partial charge in [0.05, 0.1) is 20.8 Å². The van der Waals surface area contributed by atoms with E-state index in [-0.39, 0.29) is 17.0 Å². The van der Waals surface area contributed by atoms with Crippen molar-refractivity contribution >= 4 is 22.6 Å². The summed E-state index contributed by atoms with van der Waals surface area (Å²) in [5, 5.41) is 13.0. The van der Waals surface area contributed by atoms with Crippen molar-refractivity contribution in [1.29, 1.82) is 0 Å². The SMILES string of the molecule is COc1ccc(C2(O)CN(c3cccc(C)c3C)C3=[N+]2CCCS3)cc1OC.[Br-]. The Morgan fingerprint density at radius 3 is 2.59 bits per heavy atom. The van der Waals surface area contributed by atoms with Crippen molar-refractivity contribution in [1.82, 2.24) is 0 Å². The van der Waals surface area contributed by atoms with Gasteiger partial charge in [0.2, 0.25) is 0 Å². The number of halogens is 1. The summed E-state index contributed by atoms with van der Waals surface area (Å²) in [6.45, 7) is 5.59. The Bertz CT molecular complexity index is 950. The molecule has 2 aromatic rings. The summed E-state index contributed by atoms with van der Waals surface area (Å²) >= 11 is 1.82. The van der Waals surface area contributed by atoms with E-state index in [0.717, 1.165) is 35.1 Å². The van der Waals surface area contributed by atoms with E-state index >= 15 is 0 Å². The molecule has 1 unspecified atom stereocenters. The maximum Gasteiger partial charge on any atom is 0.316 e. The quantitative estimate of drug-likeness (QED) is 0.648. The second-order valence-electron chi connectivity index (χ2n) is 7.33. The minimum atomic E-state index is -1.11. The van der Waals surface area contributed by atoms with E-state index in [0.29, 0.717) is 18.0 Å². The third kappa shape index (κ3) is 3.64. The number of benzene rings is 2. The van der Waals surface area contributed by atoms with Crippen LogP contribution in [0, 0.1) is 13.8 Å². The molecule has 0 spiro atoms. The minimum absolute atomic E-state index is 0. The number of aliphatic hydroxyl groups is 1. The first-order valence-electron chi connectivity index (χ1n) is 9.55. The molecule has 0 aliphatic carbocycles. The normalized spacial score (nSPS) is 20.9. The highest BCUT2D eigenvalue weighted by Crippen LogP contribution is 2.41. The molecule has 0 radical (unpaired) electrons. The van der Waals surface area contributed by atoms with Crippen LogP contribution in [0.15, 0.2) is 36.4 Å². The Balaban J connectivity index is 0.00000240. The second kappa shape index (κ2) is 8.58. The summed E-state index contributed by atoms with van der Waals surface area (Å²) < 4.78 is 13.0. The fourth-order valence-corrected chi connectivity index (χ4v) is 5.22. The van der Waals surface area contributed by atoms with E-state index in [4.69, 9.17) is 9.47 Å². The van der Waals surface area contributed by atoms with E-state index in [1.54, 1.807) is 14.2 Å². The van der Waals surface area contributed by atoms with Gasteiger partial charge in [-0.15, -0.1) is 0 Å². The van der Waals surface area contributed by atoms with Crippen LogP contribution in [0.2, 0.25) is 0 Å². The molecule has 2 aromatic carbocycles. The molecule has 0 aromatic heterocycles. The lowest BCUT2D eigenvalue weighted by Crippen LogP contribution is -3.00. The molecule has 5 nitrogen and oxygen atoms in total. The van der Waals surface area contributed by atoms with Gasteiger partial charge in [0.15, 0.2) is 18.0 Å². The predicted molar refractivity (Wildman–Crippen MR) is 114 cm³/mol. The molecule has 2 aliphatic heterocycles. The molecule has 156 valence electrons. The first kappa shape index (κ1) is 22.0. The Labute approximate surface area is 187 Å². The van der Waals surface area contributed by atoms with Gasteiger partial charge in [-0.2, -0.15) is 0 Å². The number of nitrogens with zero attached hydrogens (tertiary/aromatic N) is 2. The molecule has 29 heavy (non-hydrogen) atoms. The van der Waals surface area contributed by atoms with E-state index in [1.165, 1.54) is 11.1 Å². The van der Waals surface area contributed by atoms with E-state index < -0.39 is 5.72 Å². The van der Waals surface area contributed by atoms with Crippen LogP contribution in [-0.4, -0.2) is 47.9 Å². The second-order valence-corrected chi connectivity index (χ2v) is 8.39. The summed E-state index contributed by atoms with van der Waals surface area (Å²) in [5.41, 5.74) is 3.37. The van der Waals surface area contributed by atoms with E-state index in [9.17, 15) is 5.11 Å². The van der Waals surface area contributed by atoms with Gasteiger partial charge in [0.1, 0.15) is 5.69 Å². The first-order valence-corrected chi connectivity index (χ1v) is 10.5. The Kier molecular flexibility index (Phi) is 6.51. The summed E-state index contributed by atoms with van der Waals surface area (Å²) in [6.07, 6.45) is 1.05. The molecule has 0 fully saturated rings. The van der Waals surface area contributed by atoms with Gasteiger partial charge in [-0.25, -0.2) is 9.48 Å². The van der Waals surface area contributed by atoms with Crippen LogP contribution in [0.5, 0.6) is 11.5 Å². The van der Waals surface area contributed by atoms with Crippen molar-refractivity contribution in [3.05, 3.63) is 53.1 Å². The molecular weight excluding hydrogens is 452 g/mol. The number of amidine groups is 1. The number of hydrogen-bond acceptors (Lipinski definition) is 5. The molecule has 7 heteroatoms. The van der Waals surface area contributed by atoms with Crippen LogP contribution in [0.4, 0.5) is 5.69 Å². The van der Waals surface area contributed by atoms with Crippen molar-refractivity contribution in [3.63, 3.8) is 0 Å². The Morgan fingerprint density at radius 1 is 1.10 bits per heavy atom. The average Bonchev–Trinajstić information content (AvgIpc) is 3.03. The van der Waals surface area contributed by atoms with Crippen LogP contribution in [0.3, 0.4) is 0 Å². The van der Waals surface area contributed by atoms with E-state index in [2.05, 4.69) is 41.5 Å². The highest BCUT2D eigenvalue weighted by Gasteiger charge is 2.53. The largest absolute Gasteiger partial charge is 1.00 e. The monoisotopic (exact) mass is 478 g/mol. The number of thioether (sulfide) groups is 1. The fourth-order valence-electron chi connectivity index (χ4n) is 4.05. The molecule has 0 bridgehead atoms. The Morgan fingerprint density at radius 2 is 1.86 bits per heavy atom. The van der Waals surface area contributed by atoms with Crippen molar-refractivity contribution in [2.24, 2.45) is 0 Å². The lowest BCUT2D eigenvalue weighted by atomic mass is 10.0. The van der Waals surface area contributed by atoms with Crippen molar-refractivity contribution in [2.45, 2.75) is 26.0 Å². The number of ether oxygens (including phenoxy) is 2. The minimum Gasteiger partial charge on any atom is -1.00 e. The van der Waals surface area contributed by atoms with Crippen molar-refractivity contribution < 1.29 is 36.1 Å². The molecule has 2 aliphatic rings. The van der Waals surface area contributed by atoms with Gasteiger partial charge in [0.25, 0.3) is 5.72 Å². The van der Waals surface area contributed by atoms with Crippen molar-refractivity contribution in [2.75, 3.05) is 38.0 Å². The zero-order chi connectivity index (χ0) is 19.9. The summed E-state index contributed by atoms with van der Waals surface area (Å²) in [7, 11) is 3.24. The van der Waals surface area contributed by atoms with E-state index in [1.807, 2.05) is 30.0 Å². The maximum absolute atomic E-state index is 11.9. The molecule has 2 heterocycles. The number of hydrogen-bond donors (Lipinski definition) is 1. The lowest BCUT2D eigenvalue weighted by Gasteiger charge is -2.25. The van der Waals surface area contributed by atoms with Crippen LogP contribution in [-0.2, 0) is 5.72 Å². The standard InChI is InChI=1S/C22H27N2O3S.BrH/c1-15-7-5-8-18(16(15)2)23-14-22(25,24-11-6-12-28-21(23)24)17-9-10-19(26-3)20(13-17)27-4;/h5,7-10,13,25H,6,11-12,14H2,1-4H3;1H/q+1;/p-1. The van der Waals surface area contributed by atoms with Gasteiger partial charge in [-0.1, -0.05) is 12.1 Å². The lowest BCUT2D eigenvalue weighted by molar-refractivity contribution is -0.656. The predicted octanol–water partition coefficient (Wildman–Crippen LogP) is 0.495. The average molecular weight is 479 g/mol. The van der Waals surface area contributed by atoms with Gasteiger partial charge >= 0.3 is 5.17 Å². The zero-order valence-electron chi connectivity index (χ0n) is 17.2. The smallest absolute Gasteiger partial charge is 0.316 e. The Hall–Kier alpha value is -1.70. The molecule has 0 saturated carbocycles. The molecule has 0 amide bonds. The summed E-state index contributed by atoms with van der Waals surface area (Å²) in [4.78, 5) is 2.27. The topological polar surface area (TPSA) is 44.9 Å². The van der Waals surface area contributed by atoms with Crippen LogP contribution in [0.25, 0.3) is 0 Å². The summed E-state index contributed by atoms with van der Waals surface area (Å²) in [6, 6.07) is 12.1. The highest BCUT2D eigenvalue weighted by molar-refractivity contribution is 8.13. The van der Waals surface area contributed by atoms with Gasteiger partial charge in [0, 0.05) is 11.3 Å². The molecule has 4 rings (SSSR count). The number of anilines is 1. The number of rotatable bonds is 4. The number of methoxy groups -OCH3 is 2. The third-order valence-electron chi connectivity index (χ3n) is 5.76. The molecular formula is C22H27BrN2O3S. The van der Waals surface area contributed by atoms with Crippen LogP contribution >= 0.6 is 11.8 Å². The van der Waals surface area contributed by atoms with Gasteiger partial charge in [-0.3, -0.25) is 0 Å². The molecule has 1 N–H and O–H groups in total. The highest BCUT2D eigenvalue weighted by atomic mass is 79.9. The fraction of sp³-hybridized carbons (Fsp3) is 0.409. The van der Waals surface area contributed by atoms with Gasteiger partial charge in [-0.05, 0) is 67.4 Å². The van der Waals surface area contributed by atoms with Gasteiger partial charge < -0.3 is 31.6 Å². The maximum atomic E-state index is 11.9. The first-order chi connectivity index (χ1) is 13.5. The molecule has 1 atom stereocenters. The van der Waals surface area contributed by atoms with Crippen LogP contribution in [0.1, 0.15) is 23.1 Å². The third-order valence-corrected chi connectivity index (χ3v) is 6.95. The zero-order valence-corrected chi connectivity index (χ0v) is 19.6.